The van der Waals surface area contributed by atoms with E-state index in [1.165, 1.54) is 0 Å². The van der Waals surface area contributed by atoms with Gasteiger partial charge in [0.05, 0.1) is 0 Å². The third-order valence-electron chi connectivity index (χ3n) is 3.80. The van der Waals surface area contributed by atoms with E-state index in [2.05, 4.69) is 6.92 Å². The molecule has 2 aliphatic rings. The molecule has 0 saturated carbocycles. The van der Waals surface area contributed by atoms with E-state index in [-0.39, 0.29) is 17.6 Å². The molecular weight excluding hydrogens is 244 g/mol. The van der Waals surface area contributed by atoms with Gasteiger partial charge in [-0.05, 0) is 30.5 Å². The first kappa shape index (κ1) is 12.5. The van der Waals surface area contributed by atoms with Crippen LogP contribution in [0.3, 0.4) is 0 Å². The van der Waals surface area contributed by atoms with Gasteiger partial charge in [0.15, 0.2) is 17.3 Å². The summed E-state index contributed by atoms with van der Waals surface area (Å²) in [5.74, 6) is 1.91. The minimum absolute atomic E-state index is 0.0521. The van der Waals surface area contributed by atoms with Crippen LogP contribution >= 0.6 is 0 Å². The number of Topliss-reactive ketones (excluding diaryl/α,β-unsaturated/α-hetero) is 1. The van der Waals surface area contributed by atoms with E-state index in [4.69, 9.17) is 14.2 Å². The normalized spacial score (nSPS) is 25.9. The molecule has 0 bridgehead atoms. The summed E-state index contributed by atoms with van der Waals surface area (Å²) in [7, 11) is 0. The molecule has 0 aliphatic carbocycles. The number of rotatable bonds is 2. The Bertz CT molecular complexity index is 483. The maximum absolute atomic E-state index is 12.5. The van der Waals surface area contributed by atoms with Gasteiger partial charge in [0.1, 0.15) is 13.2 Å². The second-order valence-electron chi connectivity index (χ2n) is 5.17. The SMILES string of the molecule is CC1COCCC1C(=O)c1ccc2c(c1)OCCO2. The van der Waals surface area contributed by atoms with Crippen molar-refractivity contribution in [1.82, 2.24) is 0 Å². The molecule has 1 aromatic rings. The molecule has 0 radical (unpaired) electrons. The van der Waals surface area contributed by atoms with Crippen LogP contribution in [0.25, 0.3) is 0 Å². The van der Waals surface area contributed by atoms with Gasteiger partial charge in [-0.15, -0.1) is 0 Å². The molecule has 1 saturated heterocycles. The number of benzene rings is 1. The summed E-state index contributed by atoms with van der Waals surface area (Å²) in [6.07, 6.45) is 0.800. The highest BCUT2D eigenvalue weighted by Gasteiger charge is 2.29. The van der Waals surface area contributed by atoms with Crippen molar-refractivity contribution in [3.05, 3.63) is 23.8 Å². The average molecular weight is 262 g/mol. The largest absolute Gasteiger partial charge is 0.486 e. The van der Waals surface area contributed by atoms with Crippen molar-refractivity contribution in [1.29, 1.82) is 0 Å². The molecule has 0 aromatic heterocycles. The predicted octanol–water partition coefficient (Wildman–Crippen LogP) is 2.31. The van der Waals surface area contributed by atoms with Crippen molar-refractivity contribution >= 4 is 5.78 Å². The van der Waals surface area contributed by atoms with Crippen molar-refractivity contribution in [2.24, 2.45) is 11.8 Å². The average Bonchev–Trinajstić information content (AvgIpc) is 2.46. The van der Waals surface area contributed by atoms with Crippen LogP contribution in [0.1, 0.15) is 23.7 Å². The van der Waals surface area contributed by atoms with Crippen LogP contribution < -0.4 is 9.47 Å². The molecule has 2 atom stereocenters. The summed E-state index contributed by atoms with van der Waals surface area (Å²) in [5.41, 5.74) is 0.711. The zero-order valence-corrected chi connectivity index (χ0v) is 11.1. The van der Waals surface area contributed by atoms with E-state index in [9.17, 15) is 4.79 Å². The maximum Gasteiger partial charge on any atom is 0.166 e. The second kappa shape index (κ2) is 5.21. The third kappa shape index (κ3) is 2.45. The molecule has 2 heterocycles. The molecule has 2 unspecified atom stereocenters. The Hall–Kier alpha value is -1.55. The number of hydrogen-bond donors (Lipinski definition) is 0. The van der Waals surface area contributed by atoms with Crippen molar-refractivity contribution in [3.63, 3.8) is 0 Å². The summed E-state index contributed by atoms with van der Waals surface area (Å²) in [6.45, 7) is 4.52. The molecule has 2 aliphatic heterocycles. The van der Waals surface area contributed by atoms with Gasteiger partial charge in [-0.25, -0.2) is 0 Å². The summed E-state index contributed by atoms with van der Waals surface area (Å²) in [4.78, 5) is 12.5. The van der Waals surface area contributed by atoms with Gasteiger partial charge in [0.2, 0.25) is 0 Å². The zero-order chi connectivity index (χ0) is 13.2. The van der Waals surface area contributed by atoms with Gasteiger partial charge in [-0.2, -0.15) is 0 Å². The van der Waals surface area contributed by atoms with Crippen LogP contribution in [-0.2, 0) is 4.74 Å². The van der Waals surface area contributed by atoms with E-state index in [0.717, 1.165) is 12.2 Å². The lowest BCUT2D eigenvalue weighted by atomic mass is 9.83. The van der Waals surface area contributed by atoms with E-state index < -0.39 is 0 Å². The Kier molecular flexibility index (Phi) is 3.42. The molecule has 0 spiro atoms. The number of ether oxygens (including phenoxy) is 3. The highest BCUT2D eigenvalue weighted by atomic mass is 16.6. The van der Waals surface area contributed by atoms with Crippen molar-refractivity contribution in [2.75, 3.05) is 26.4 Å². The highest BCUT2D eigenvalue weighted by Crippen LogP contribution is 2.33. The maximum atomic E-state index is 12.5. The van der Waals surface area contributed by atoms with E-state index in [1.54, 1.807) is 6.07 Å². The second-order valence-corrected chi connectivity index (χ2v) is 5.17. The molecule has 1 fully saturated rings. The third-order valence-corrected chi connectivity index (χ3v) is 3.80. The Morgan fingerprint density at radius 3 is 2.74 bits per heavy atom. The fraction of sp³-hybridized carbons (Fsp3) is 0.533. The fourth-order valence-electron chi connectivity index (χ4n) is 2.68. The van der Waals surface area contributed by atoms with Crippen LogP contribution in [0.5, 0.6) is 11.5 Å². The summed E-state index contributed by atoms with van der Waals surface area (Å²) >= 11 is 0. The molecule has 4 nitrogen and oxygen atoms in total. The van der Waals surface area contributed by atoms with Crippen LogP contribution in [0, 0.1) is 11.8 Å². The van der Waals surface area contributed by atoms with Gasteiger partial charge in [0.25, 0.3) is 0 Å². The minimum Gasteiger partial charge on any atom is -0.486 e. The molecular formula is C15H18O4. The predicted molar refractivity (Wildman–Crippen MR) is 69.9 cm³/mol. The van der Waals surface area contributed by atoms with E-state index in [0.29, 0.717) is 37.7 Å². The lowest BCUT2D eigenvalue weighted by Gasteiger charge is -2.28. The quantitative estimate of drug-likeness (QED) is 0.767. The van der Waals surface area contributed by atoms with E-state index in [1.807, 2.05) is 12.1 Å². The van der Waals surface area contributed by atoms with Gasteiger partial charge in [-0.3, -0.25) is 4.79 Å². The topological polar surface area (TPSA) is 44.8 Å². The van der Waals surface area contributed by atoms with E-state index >= 15 is 0 Å². The van der Waals surface area contributed by atoms with Crippen LogP contribution in [0.2, 0.25) is 0 Å². The summed E-state index contributed by atoms with van der Waals surface area (Å²) in [5, 5.41) is 0. The Morgan fingerprint density at radius 2 is 1.95 bits per heavy atom. The van der Waals surface area contributed by atoms with Crippen LogP contribution in [0.15, 0.2) is 18.2 Å². The van der Waals surface area contributed by atoms with Gasteiger partial charge in [0, 0.05) is 24.7 Å². The molecule has 19 heavy (non-hydrogen) atoms. The van der Waals surface area contributed by atoms with Crippen LogP contribution in [-0.4, -0.2) is 32.2 Å². The number of ketones is 1. The lowest BCUT2D eigenvalue weighted by molar-refractivity contribution is 0.0241. The zero-order valence-electron chi connectivity index (χ0n) is 11.1. The molecule has 4 heteroatoms. The monoisotopic (exact) mass is 262 g/mol. The molecule has 3 rings (SSSR count). The first-order valence-electron chi connectivity index (χ1n) is 6.77. The lowest BCUT2D eigenvalue weighted by Crippen LogP contribution is -2.31. The molecule has 0 N–H and O–H groups in total. The number of carbonyl (C=O) groups excluding carboxylic acids is 1. The molecule has 1 aromatic carbocycles. The van der Waals surface area contributed by atoms with Crippen molar-refractivity contribution in [2.45, 2.75) is 13.3 Å². The standard InChI is InChI=1S/C15H18O4/c1-10-9-17-5-4-12(10)15(16)11-2-3-13-14(8-11)19-7-6-18-13/h2-3,8,10,12H,4-7,9H2,1H3. The number of fused-ring (bicyclic) bond motifs is 1. The summed E-state index contributed by atoms with van der Waals surface area (Å²) in [6, 6.07) is 5.46. The first-order valence-corrected chi connectivity index (χ1v) is 6.77. The fourth-order valence-corrected chi connectivity index (χ4v) is 2.68. The van der Waals surface area contributed by atoms with Gasteiger partial charge >= 0.3 is 0 Å². The Morgan fingerprint density at radius 1 is 1.16 bits per heavy atom. The number of carbonyl (C=O) groups is 1. The Labute approximate surface area is 112 Å². The minimum atomic E-state index is 0.0521. The summed E-state index contributed by atoms with van der Waals surface area (Å²) < 4.78 is 16.4. The number of hydrogen-bond acceptors (Lipinski definition) is 4. The van der Waals surface area contributed by atoms with Crippen molar-refractivity contribution in [3.8, 4) is 11.5 Å². The highest BCUT2D eigenvalue weighted by molar-refractivity contribution is 5.98. The Balaban J connectivity index is 1.83. The van der Waals surface area contributed by atoms with Gasteiger partial charge in [-0.1, -0.05) is 6.92 Å². The van der Waals surface area contributed by atoms with Crippen molar-refractivity contribution < 1.29 is 19.0 Å². The van der Waals surface area contributed by atoms with Gasteiger partial charge < -0.3 is 14.2 Å². The first-order chi connectivity index (χ1) is 9.25. The smallest absolute Gasteiger partial charge is 0.166 e. The molecule has 0 amide bonds. The van der Waals surface area contributed by atoms with Crippen LogP contribution in [0.4, 0.5) is 0 Å². The molecule has 102 valence electrons.